The Morgan fingerprint density at radius 1 is 1.35 bits per heavy atom. The van der Waals surface area contributed by atoms with Gasteiger partial charge < -0.3 is 4.42 Å². The van der Waals surface area contributed by atoms with Gasteiger partial charge in [-0.2, -0.15) is 0 Å². The van der Waals surface area contributed by atoms with Gasteiger partial charge in [0.25, 0.3) is 0 Å². The molecule has 5 heteroatoms. The van der Waals surface area contributed by atoms with Crippen molar-refractivity contribution in [3.05, 3.63) is 23.2 Å². The van der Waals surface area contributed by atoms with Gasteiger partial charge in [-0.3, -0.25) is 4.79 Å². The Morgan fingerprint density at radius 3 is 2.59 bits per heavy atom. The van der Waals surface area contributed by atoms with Gasteiger partial charge in [0.1, 0.15) is 16.8 Å². The molecule has 94 valence electrons. The molecule has 1 aromatic heterocycles. The Morgan fingerprint density at radius 2 is 2.06 bits per heavy atom. The molecule has 17 heavy (non-hydrogen) atoms. The number of hydrogen-bond donors (Lipinski definition) is 0. The van der Waals surface area contributed by atoms with E-state index in [-0.39, 0.29) is 11.5 Å². The van der Waals surface area contributed by atoms with Gasteiger partial charge in [0, 0.05) is 0 Å². The first kappa shape index (κ1) is 12.4. The van der Waals surface area contributed by atoms with Crippen molar-refractivity contribution in [3.8, 4) is 0 Å². The molecule has 0 N–H and O–H groups in total. The maximum Gasteiger partial charge on any atom is 0.184 e. The molecule has 0 spiro atoms. The van der Waals surface area contributed by atoms with Gasteiger partial charge in [-0.25, -0.2) is 8.42 Å². The predicted octanol–water partition coefficient (Wildman–Crippen LogP) is 2.05. The Kier molecular flexibility index (Phi) is 3.12. The first-order valence-electron chi connectivity index (χ1n) is 5.74. The van der Waals surface area contributed by atoms with Crippen LogP contribution in [0.4, 0.5) is 0 Å². The maximum atomic E-state index is 12.2. The average molecular weight is 256 g/mol. The highest BCUT2D eigenvalue weighted by molar-refractivity contribution is 7.92. The van der Waals surface area contributed by atoms with Gasteiger partial charge in [0.05, 0.1) is 11.3 Å². The van der Waals surface area contributed by atoms with Gasteiger partial charge in [0.2, 0.25) is 0 Å². The summed E-state index contributed by atoms with van der Waals surface area (Å²) in [6.07, 6.45) is 1.89. The minimum atomic E-state index is -3.27. The lowest BCUT2D eigenvalue weighted by Crippen LogP contribution is -2.35. The molecule has 2 heterocycles. The zero-order chi connectivity index (χ0) is 12.6. The van der Waals surface area contributed by atoms with E-state index >= 15 is 0 Å². The fourth-order valence-corrected chi connectivity index (χ4v) is 4.17. The van der Waals surface area contributed by atoms with E-state index < -0.39 is 15.1 Å². The zero-order valence-corrected chi connectivity index (χ0v) is 10.8. The molecule has 0 amide bonds. The van der Waals surface area contributed by atoms with Crippen molar-refractivity contribution in [3.63, 3.8) is 0 Å². The van der Waals surface area contributed by atoms with Gasteiger partial charge in [-0.05, 0) is 32.8 Å². The maximum absolute atomic E-state index is 12.2. The second kappa shape index (κ2) is 4.29. The van der Waals surface area contributed by atoms with Crippen LogP contribution in [0.15, 0.2) is 10.5 Å². The molecule has 0 radical (unpaired) electrons. The summed E-state index contributed by atoms with van der Waals surface area (Å²) in [6, 6.07) is 1.63. The van der Waals surface area contributed by atoms with Crippen LogP contribution in [-0.4, -0.2) is 25.2 Å². The van der Waals surface area contributed by atoms with Gasteiger partial charge in [-0.1, -0.05) is 6.42 Å². The van der Waals surface area contributed by atoms with E-state index in [0.29, 0.717) is 29.9 Å². The molecule has 0 aromatic carbocycles. The van der Waals surface area contributed by atoms with Crippen LogP contribution in [0.5, 0.6) is 0 Å². The van der Waals surface area contributed by atoms with Crippen LogP contribution < -0.4 is 0 Å². The normalized spacial score (nSPS) is 23.5. The number of hydrogen-bond acceptors (Lipinski definition) is 4. The summed E-state index contributed by atoms with van der Waals surface area (Å²) in [5, 5.41) is -0.869. The number of Topliss-reactive ketones (excluding diaryl/α,β-unsaturated/α-hetero) is 1. The van der Waals surface area contributed by atoms with Crippen molar-refractivity contribution in [2.75, 3.05) is 5.75 Å². The van der Waals surface area contributed by atoms with Crippen LogP contribution in [-0.2, 0) is 9.84 Å². The lowest BCUT2D eigenvalue weighted by Gasteiger charge is -2.20. The second-order valence-corrected chi connectivity index (χ2v) is 6.85. The topological polar surface area (TPSA) is 64.3 Å². The monoisotopic (exact) mass is 256 g/mol. The molecule has 1 aromatic rings. The van der Waals surface area contributed by atoms with Crippen LogP contribution in [0.2, 0.25) is 0 Å². The van der Waals surface area contributed by atoms with E-state index in [1.165, 1.54) is 0 Å². The summed E-state index contributed by atoms with van der Waals surface area (Å²) in [5.41, 5.74) is 0.415. The Bertz CT molecular complexity index is 539. The van der Waals surface area contributed by atoms with E-state index in [4.69, 9.17) is 4.42 Å². The van der Waals surface area contributed by atoms with Crippen molar-refractivity contribution in [1.29, 1.82) is 0 Å². The van der Waals surface area contributed by atoms with Gasteiger partial charge in [0.15, 0.2) is 15.6 Å². The first-order chi connectivity index (χ1) is 7.92. The highest BCUT2D eigenvalue weighted by atomic mass is 32.2. The molecule has 1 atom stereocenters. The lowest BCUT2D eigenvalue weighted by molar-refractivity contribution is 0.0980. The third kappa shape index (κ3) is 2.29. The minimum Gasteiger partial charge on any atom is -0.466 e. The third-order valence-corrected chi connectivity index (χ3v) is 5.35. The predicted molar refractivity (Wildman–Crippen MR) is 63.9 cm³/mol. The van der Waals surface area contributed by atoms with Crippen LogP contribution in [0, 0.1) is 13.8 Å². The smallest absolute Gasteiger partial charge is 0.184 e. The Labute approximate surface area is 101 Å². The van der Waals surface area contributed by atoms with E-state index in [1.807, 2.05) is 0 Å². The molecule has 1 aliphatic rings. The molecule has 1 fully saturated rings. The summed E-state index contributed by atoms with van der Waals surface area (Å²) in [7, 11) is -3.27. The van der Waals surface area contributed by atoms with E-state index in [1.54, 1.807) is 19.9 Å². The molecular formula is C12H16O4S. The lowest BCUT2D eigenvalue weighted by atomic mass is 10.0. The number of ketones is 1. The molecule has 4 nitrogen and oxygen atoms in total. The van der Waals surface area contributed by atoms with Crippen LogP contribution in [0.1, 0.15) is 41.1 Å². The molecule has 1 aliphatic heterocycles. The number of sulfone groups is 1. The fraction of sp³-hybridized carbons (Fsp3) is 0.583. The molecule has 0 aliphatic carbocycles. The highest BCUT2D eigenvalue weighted by Crippen LogP contribution is 2.25. The molecule has 0 saturated carbocycles. The summed E-state index contributed by atoms with van der Waals surface area (Å²) in [4.78, 5) is 12.2. The van der Waals surface area contributed by atoms with E-state index in [2.05, 4.69) is 0 Å². The third-order valence-electron chi connectivity index (χ3n) is 3.18. The van der Waals surface area contributed by atoms with Crippen LogP contribution >= 0.6 is 0 Å². The molecule has 1 saturated heterocycles. The SMILES string of the molecule is Cc1cc(C(=O)C2CCCCS2(=O)=O)c(C)o1. The number of aryl methyl sites for hydroxylation is 2. The minimum absolute atomic E-state index is 0.124. The quantitative estimate of drug-likeness (QED) is 0.760. The molecular weight excluding hydrogens is 240 g/mol. The van der Waals surface area contributed by atoms with Crippen molar-refractivity contribution < 1.29 is 17.6 Å². The van der Waals surface area contributed by atoms with Gasteiger partial charge >= 0.3 is 0 Å². The number of rotatable bonds is 2. The summed E-state index contributed by atoms with van der Waals surface area (Å²) >= 11 is 0. The number of carbonyl (C=O) groups excluding carboxylic acids is 1. The standard InChI is InChI=1S/C12H16O4S/c1-8-7-10(9(2)16-8)12(13)11-5-3-4-6-17(11,14)15/h7,11H,3-6H2,1-2H3. The highest BCUT2D eigenvalue weighted by Gasteiger charge is 2.36. The summed E-state index contributed by atoms with van der Waals surface area (Å²) in [6.45, 7) is 3.44. The molecule has 2 rings (SSSR count). The Hall–Kier alpha value is -1.10. The van der Waals surface area contributed by atoms with E-state index in [0.717, 1.165) is 6.42 Å². The molecule has 1 unspecified atom stereocenters. The Balaban J connectivity index is 2.34. The first-order valence-corrected chi connectivity index (χ1v) is 7.46. The number of furan rings is 1. The fourth-order valence-electron chi connectivity index (χ4n) is 2.30. The molecule has 0 bridgehead atoms. The van der Waals surface area contributed by atoms with Gasteiger partial charge in [-0.15, -0.1) is 0 Å². The number of carbonyl (C=O) groups is 1. The van der Waals surface area contributed by atoms with Crippen molar-refractivity contribution in [2.24, 2.45) is 0 Å². The summed E-state index contributed by atoms with van der Waals surface area (Å²) in [5.74, 6) is 0.964. The van der Waals surface area contributed by atoms with E-state index in [9.17, 15) is 13.2 Å². The van der Waals surface area contributed by atoms with Crippen LogP contribution in [0.3, 0.4) is 0 Å². The largest absolute Gasteiger partial charge is 0.466 e. The van der Waals surface area contributed by atoms with Crippen molar-refractivity contribution in [2.45, 2.75) is 38.4 Å². The summed E-state index contributed by atoms with van der Waals surface area (Å²) < 4.78 is 29.0. The van der Waals surface area contributed by atoms with Crippen LogP contribution in [0.25, 0.3) is 0 Å². The second-order valence-electron chi connectivity index (χ2n) is 4.54. The van der Waals surface area contributed by atoms with Crippen molar-refractivity contribution in [1.82, 2.24) is 0 Å². The average Bonchev–Trinajstić information content (AvgIpc) is 2.56. The zero-order valence-electron chi connectivity index (χ0n) is 10.0. The van der Waals surface area contributed by atoms with Crippen molar-refractivity contribution >= 4 is 15.6 Å².